The number of anilines is 1. The molecule has 0 atom stereocenters. The Hall–Kier alpha value is -2.42. The van der Waals surface area contributed by atoms with Crippen molar-refractivity contribution in [3.05, 3.63) is 35.9 Å². The topological polar surface area (TPSA) is 125 Å². The number of aromatic carboxylic acids is 1. The van der Waals surface area contributed by atoms with Crippen molar-refractivity contribution < 1.29 is 18.3 Å². The van der Waals surface area contributed by atoms with Crippen LogP contribution in [0, 0.1) is 6.92 Å². The van der Waals surface area contributed by atoms with Crippen molar-refractivity contribution in [1.82, 2.24) is 15.0 Å². The molecule has 9 heteroatoms. The molecular formula is C10H10N4O4S. The second kappa shape index (κ2) is 4.69. The van der Waals surface area contributed by atoms with E-state index in [9.17, 15) is 13.2 Å². The summed E-state index contributed by atoms with van der Waals surface area (Å²) in [6, 6.07) is 2.66. The van der Waals surface area contributed by atoms with E-state index in [2.05, 4.69) is 19.7 Å². The number of nitrogens with zero attached hydrogens (tertiary/aromatic N) is 2. The van der Waals surface area contributed by atoms with E-state index in [-0.39, 0.29) is 16.4 Å². The summed E-state index contributed by atoms with van der Waals surface area (Å²) in [6.45, 7) is 1.60. The molecule has 0 aliphatic rings. The summed E-state index contributed by atoms with van der Waals surface area (Å²) >= 11 is 0. The van der Waals surface area contributed by atoms with Gasteiger partial charge in [0.2, 0.25) is 0 Å². The number of carbonyl (C=O) groups is 1. The fourth-order valence-corrected chi connectivity index (χ4v) is 2.38. The van der Waals surface area contributed by atoms with E-state index in [1.54, 1.807) is 6.92 Å². The summed E-state index contributed by atoms with van der Waals surface area (Å²) in [5.74, 6) is -1.09. The molecule has 0 unspecified atom stereocenters. The van der Waals surface area contributed by atoms with Gasteiger partial charge in [-0.15, -0.1) is 0 Å². The average Bonchev–Trinajstić information content (AvgIpc) is 2.76. The lowest BCUT2D eigenvalue weighted by Gasteiger charge is -2.07. The first-order valence-electron chi connectivity index (χ1n) is 5.13. The number of aromatic nitrogens is 3. The lowest BCUT2D eigenvalue weighted by molar-refractivity contribution is 0.0697. The fourth-order valence-electron chi connectivity index (χ4n) is 1.38. The first-order valence-corrected chi connectivity index (χ1v) is 6.61. The van der Waals surface area contributed by atoms with E-state index < -0.39 is 16.0 Å². The lowest BCUT2D eigenvalue weighted by atomic mass is 10.3. The molecular weight excluding hydrogens is 272 g/mol. The van der Waals surface area contributed by atoms with Crippen molar-refractivity contribution in [2.75, 3.05) is 4.72 Å². The van der Waals surface area contributed by atoms with Gasteiger partial charge in [0.15, 0.2) is 10.8 Å². The van der Waals surface area contributed by atoms with Gasteiger partial charge < -0.3 is 10.1 Å². The van der Waals surface area contributed by atoms with E-state index in [0.29, 0.717) is 5.82 Å². The molecule has 19 heavy (non-hydrogen) atoms. The molecule has 0 radical (unpaired) electrons. The van der Waals surface area contributed by atoms with Crippen LogP contribution in [0.1, 0.15) is 16.2 Å². The Morgan fingerprint density at radius 2 is 2.16 bits per heavy atom. The molecule has 0 aromatic carbocycles. The molecule has 0 saturated heterocycles. The van der Waals surface area contributed by atoms with Gasteiger partial charge in [-0.25, -0.2) is 14.8 Å². The number of imidazole rings is 1. The van der Waals surface area contributed by atoms with Crippen LogP contribution in [0.5, 0.6) is 0 Å². The molecule has 100 valence electrons. The van der Waals surface area contributed by atoms with Gasteiger partial charge >= 0.3 is 5.97 Å². The van der Waals surface area contributed by atoms with E-state index in [4.69, 9.17) is 5.11 Å². The highest BCUT2D eigenvalue weighted by Gasteiger charge is 2.20. The highest BCUT2D eigenvalue weighted by molar-refractivity contribution is 7.92. The molecule has 0 saturated carbocycles. The number of carboxylic acids is 1. The average molecular weight is 282 g/mol. The number of carboxylic acid groups (broad SMARTS) is 1. The van der Waals surface area contributed by atoms with Crippen LogP contribution in [-0.4, -0.2) is 34.4 Å². The molecule has 8 nitrogen and oxygen atoms in total. The summed E-state index contributed by atoms with van der Waals surface area (Å²) in [5.41, 5.74) is -0.234. The minimum atomic E-state index is -3.94. The molecule has 0 aliphatic carbocycles. The van der Waals surface area contributed by atoms with Crippen LogP contribution in [0.4, 0.5) is 5.82 Å². The van der Waals surface area contributed by atoms with Crippen molar-refractivity contribution in [1.29, 1.82) is 0 Å². The number of sulfonamides is 1. The van der Waals surface area contributed by atoms with Gasteiger partial charge in [-0.1, -0.05) is 0 Å². The van der Waals surface area contributed by atoms with Gasteiger partial charge in [-0.2, -0.15) is 8.42 Å². The number of aromatic amines is 1. The van der Waals surface area contributed by atoms with Crippen LogP contribution in [-0.2, 0) is 10.0 Å². The molecule has 2 aromatic rings. The molecule has 0 bridgehead atoms. The van der Waals surface area contributed by atoms with Crippen LogP contribution in [0.15, 0.2) is 29.6 Å². The number of nitrogens with one attached hydrogen (secondary N) is 2. The lowest BCUT2D eigenvalue weighted by Crippen LogP contribution is -2.17. The molecule has 0 fully saturated rings. The first kappa shape index (κ1) is 13.0. The second-order valence-corrected chi connectivity index (χ2v) is 5.29. The Morgan fingerprint density at radius 1 is 1.42 bits per heavy atom. The summed E-state index contributed by atoms with van der Waals surface area (Å²) in [6.07, 6.45) is 2.43. The van der Waals surface area contributed by atoms with E-state index in [0.717, 1.165) is 6.20 Å². The summed E-state index contributed by atoms with van der Waals surface area (Å²) in [4.78, 5) is 21.0. The first-order chi connectivity index (χ1) is 8.90. The van der Waals surface area contributed by atoms with Gasteiger partial charge in [0, 0.05) is 6.20 Å². The Bertz CT molecular complexity index is 723. The molecule has 0 amide bonds. The summed E-state index contributed by atoms with van der Waals surface area (Å²) in [7, 11) is -3.94. The van der Waals surface area contributed by atoms with Crippen molar-refractivity contribution in [2.45, 2.75) is 11.9 Å². The van der Waals surface area contributed by atoms with Gasteiger partial charge in [-0.3, -0.25) is 4.72 Å². The smallest absolute Gasteiger partial charge is 0.339 e. The maximum atomic E-state index is 12.0. The van der Waals surface area contributed by atoms with Crippen LogP contribution in [0.3, 0.4) is 0 Å². The number of hydrogen-bond donors (Lipinski definition) is 3. The highest BCUT2D eigenvalue weighted by Crippen LogP contribution is 2.16. The zero-order valence-electron chi connectivity index (χ0n) is 9.78. The zero-order valence-corrected chi connectivity index (χ0v) is 10.6. The van der Waals surface area contributed by atoms with Gasteiger partial charge in [-0.05, 0) is 19.1 Å². The van der Waals surface area contributed by atoms with Crippen molar-refractivity contribution in [3.63, 3.8) is 0 Å². The summed E-state index contributed by atoms with van der Waals surface area (Å²) < 4.78 is 26.1. The number of H-pyrrole nitrogens is 1. The minimum Gasteiger partial charge on any atom is -0.478 e. The third-order valence-electron chi connectivity index (χ3n) is 2.24. The predicted molar refractivity (Wildman–Crippen MR) is 65.3 cm³/mol. The van der Waals surface area contributed by atoms with E-state index in [1.165, 1.54) is 18.3 Å². The molecule has 2 rings (SSSR count). The number of rotatable bonds is 4. The number of aryl methyl sites for hydroxylation is 1. The van der Waals surface area contributed by atoms with Crippen molar-refractivity contribution in [2.24, 2.45) is 0 Å². The van der Waals surface area contributed by atoms with Gasteiger partial charge in [0.1, 0.15) is 11.4 Å². The minimum absolute atomic E-state index is 0.160. The third kappa shape index (κ3) is 2.71. The van der Waals surface area contributed by atoms with Crippen LogP contribution < -0.4 is 4.72 Å². The standard InChI is InChI=1S/C10H10N4O4S/c1-6-12-5-8(13-6)19(17,18)14-9-7(10(15)16)3-2-4-11-9/h2-5H,1H3,(H,11,14)(H,12,13)(H,15,16). The van der Waals surface area contributed by atoms with Gasteiger partial charge in [0.25, 0.3) is 10.0 Å². The normalized spacial score (nSPS) is 11.2. The van der Waals surface area contributed by atoms with Gasteiger partial charge in [0.05, 0.1) is 6.20 Å². The second-order valence-electron chi connectivity index (χ2n) is 3.64. The largest absolute Gasteiger partial charge is 0.478 e. The van der Waals surface area contributed by atoms with Crippen LogP contribution in [0.25, 0.3) is 0 Å². The number of pyridine rings is 1. The monoisotopic (exact) mass is 282 g/mol. The molecule has 2 heterocycles. The maximum Gasteiger partial charge on any atom is 0.339 e. The third-order valence-corrected chi connectivity index (χ3v) is 3.49. The number of hydrogen-bond acceptors (Lipinski definition) is 5. The molecule has 3 N–H and O–H groups in total. The summed E-state index contributed by atoms with van der Waals surface area (Å²) in [5, 5.41) is 8.78. The predicted octanol–water partition coefficient (Wildman–Crippen LogP) is 0.612. The SMILES string of the molecule is Cc1ncc(S(=O)(=O)Nc2ncccc2C(=O)O)[nH]1. The molecule has 0 spiro atoms. The van der Waals surface area contributed by atoms with E-state index >= 15 is 0 Å². The Balaban J connectivity index is 2.39. The van der Waals surface area contributed by atoms with Crippen molar-refractivity contribution >= 4 is 21.8 Å². The maximum absolute atomic E-state index is 12.0. The molecule has 0 aliphatic heterocycles. The van der Waals surface area contributed by atoms with Crippen LogP contribution >= 0.6 is 0 Å². The highest BCUT2D eigenvalue weighted by atomic mass is 32.2. The van der Waals surface area contributed by atoms with Crippen molar-refractivity contribution in [3.8, 4) is 0 Å². The molecule has 2 aromatic heterocycles. The quantitative estimate of drug-likeness (QED) is 0.754. The Kier molecular flexibility index (Phi) is 3.21. The fraction of sp³-hybridized carbons (Fsp3) is 0.100. The Labute approximate surface area is 108 Å². The zero-order chi connectivity index (χ0) is 14.0. The van der Waals surface area contributed by atoms with Crippen LogP contribution in [0.2, 0.25) is 0 Å². The Morgan fingerprint density at radius 3 is 2.74 bits per heavy atom. The van der Waals surface area contributed by atoms with E-state index in [1.807, 2.05) is 0 Å².